The highest BCUT2D eigenvalue weighted by Gasteiger charge is 2.32. The molecule has 3 aromatic rings. The van der Waals surface area contributed by atoms with E-state index in [0.717, 1.165) is 30.0 Å². The Labute approximate surface area is 210 Å². The molecule has 2 aromatic heterocycles. The Morgan fingerprint density at radius 2 is 1.86 bits per heavy atom. The molecule has 0 saturated carbocycles. The SMILES string of the molecule is CCCCn1nc(C(C)(C)C)s/c1=N\C(=O)c1cc(C(F)(F)F)ccc1O/N=C(\N)c1ccncc1. The third-order valence-corrected chi connectivity index (χ3v) is 6.31. The van der Waals surface area contributed by atoms with E-state index in [1.54, 1.807) is 16.8 Å². The number of benzene rings is 1. The van der Waals surface area contributed by atoms with Crippen LogP contribution in [0.2, 0.25) is 0 Å². The molecule has 1 aromatic carbocycles. The van der Waals surface area contributed by atoms with Crippen molar-refractivity contribution in [3.63, 3.8) is 0 Å². The van der Waals surface area contributed by atoms with Gasteiger partial charge in [0, 0.05) is 29.9 Å². The van der Waals surface area contributed by atoms with E-state index in [0.29, 0.717) is 23.0 Å². The molecule has 36 heavy (non-hydrogen) atoms. The van der Waals surface area contributed by atoms with Crippen LogP contribution in [0.15, 0.2) is 52.9 Å². The first kappa shape index (κ1) is 27.1. The lowest BCUT2D eigenvalue weighted by atomic mass is 9.98. The number of rotatable bonds is 7. The van der Waals surface area contributed by atoms with Crippen molar-refractivity contribution >= 4 is 23.1 Å². The molecule has 0 aliphatic heterocycles. The van der Waals surface area contributed by atoms with Crippen molar-refractivity contribution in [1.29, 1.82) is 0 Å². The summed E-state index contributed by atoms with van der Waals surface area (Å²) < 4.78 is 41.9. The number of alkyl halides is 3. The fraction of sp³-hybridized carbons (Fsp3) is 0.375. The van der Waals surface area contributed by atoms with Crippen LogP contribution < -0.4 is 15.4 Å². The van der Waals surface area contributed by atoms with E-state index in [2.05, 4.69) is 20.2 Å². The van der Waals surface area contributed by atoms with Crippen molar-refractivity contribution in [3.05, 3.63) is 69.2 Å². The Hall–Kier alpha value is -3.54. The van der Waals surface area contributed by atoms with Gasteiger partial charge in [0.2, 0.25) is 4.80 Å². The van der Waals surface area contributed by atoms with Crippen LogP contribution in [0.25, 0.3) is 0 Å². The van der Waals surface area contributed by atoms with E-state index in [4.69, 9.17) is 10.6 Å². The summed E-state index contributed by atoms with van der Waals surface area (Å²) in [6.45, 7) is 8.47. The summed E-state index contributed by atoms with van der Waals surface area (Å²) in [4.78, 5) is 26.8. The van der Waals surface area contributed by atoms with E-state index in [-0.39, 0.29) is 17.0 Å². The van der Waals surface area contributed by atoms with Gasteiger partial charge in [0.25, 0.3) is 5.91 Å². The number of amidine groups is 1. The number of nitrogens with zero attached hydrogens (tertiary/aromatic N) is 5. The molecule has 0 aliphatic carbocycles. The summed E-state index contributed by atoms with van der Waals surface area (Å²) >= 11 is 1.22. The Bertz CT molecular complexity index is 1310. The molecular formula is C24H27F3N6O2S. The fourth-order valence-electron chi connectivity index (χ4n) is 2.92. The summed E-state index contributed by atoms with van der Waals surface area (Å²) in [6, 6.07) is 5.69. The molecule has 0 radical (unpaired) electrons. The van der Waals surface area contributed by atoms with Gasteiger partial charge in [-0.25, -0.2) is 4.68 Å². The molecule has 0 spiro atoms. The maximum atomic E-state index is 13.4. The van der Waals surface area contributed by atoms with E-state index in [1.807, 2.05) is 27.7 Å². The molecule has 2 N–H and O–H groups in total. The van der Waals surface area contributed by atoms with Gasteiger partial charge in [-0.2, -0.15) is 23.3 Å². The topological polar surface area (TPSA) is 108 Å². The minimum atomic E-state index is -4.67. The van der Waals surface area contributed by atoms with Gasteiger partial charge in [-0.3, -0.25) is 9.78 Å². The van der Waals surface area contributed by atoms with Crippen molar-refractivity contribution in [2.75, 3.05) is 0 Å². The van der Waals surface area contributed by atoms with Crippen molar-refractivity contribution < 1.29 is 22.8 Å². The smallest absolute Gasteiger partial charge is 0.380 e. The molecule has 8 nitrogen and oxygen atoms in total. The fourth-order valence-corrected chi connectivity index (χ4v) is 3.91. The second kappa shape index (κ2) is 11.0. The number of pyridine rings is 1. The van der Waals surface area contributed by atoms with Crippen LogP contribution >= 0.6 is 11.3 Å². The zero-order valence-electron chi connectivity index (χ0n) is 20.3. The molecule has 0 saturated heterocycles. The van der Waals surface area contributed by atoms with Crippen LogP contribution in [-0.4, -0.2) is 26.5 Å². The maximum Gasteiger partial charge on any atom is 0.416 e. The lowest BCUT2D eigenvalue weighted by Gasteiger charge is -2.12. The number of aryl methyl sites for hydroxylation is 1. The second-order valence-electron chi connectivity index (χ2n) is 8.95. The minimum absolute atomic E-state index is 0.0395. The van der Waals surface area contributed by atoms with Gasteiger partial charge in [-0.1, -0.05) is 50.6 Å². The van der Waals surface area contributed by atoms with Crippen LogP contribution in [-0.2, 0) is 18.1 Å². The summed E-state index contributed by atoms with van der Waals surface area (Å²) in [7, 11) is 0. The number of carbonyl (C=O) groups excluding carboxylic acids is 1. The molecule has 192 valence electrons. The number of nitrogens with two attached hydrogens (primary N) is 1. The normalized spacial score (nSPS) is 13.2. The quantitative estimate of drug-likeness (QED) is 0.271. The Kier molecular flexibility index (Phi) is 8.28. The Balaban J connectivity index is 2.06. The first-order chi connectivity index (χ1) is 16.9. The first-order valence-corrected chi connectivity index (χ1v) is 12.0. The molecule has 2 heterocycles. The lowest BCUT2D eigenvalue weighted by molar-refractivity contribution is -0.137. The number of halogens is 3. The number of hydrogen-bond acceptors (Lipinski definition) is 6. The highest BCUT2D eigenvalue weighted by atomic mass is 32.1. The van der Waals surface area contributed by atoms with Crippen molar-refractivity contribution in [1.82, 2.24) is 14.8 Å². The van der Waals surface area contributed by atoms with Crippen LogP contribution in [0.3, 0.4) is 0 Å². The third kappa shape index (κ3) is 6.78. The maximum absolute atomic E-state index is 13.4. The molecule has 0 aliphatic rings. The van der Waals surface area contributed by atoms with Gasteiger partial charge in [-0.15, -0.1) is 0 Å². The lowest BCUT2D eigenvalue weighted by Crippen LogP contribution is -2.19. The summed E-state index contributed by atoms with van der Waals surface area (Å²) in [5.74, 6) is -1.17. The van der Waals surface area contributed by atoms with E-state index >= 15 is 0 Å². The first-order valence-electron chi connectivity index (χ1n) is 11.2. The Morgan fingerprint density at radius 3 is 2.47 bits per heavy atom. The standard InChI is InChI=1S/C24H27F3N6O2S/c1-5-6-13-33-22(36-21(31-33)23(2,3)4)30-20(34)17-14-16(24(25,26)27)7-8-18(17)35-32-19(28)15-9-11-29-12-10-15/h7-12,14H,5-6,13H2,1-4H3,(H2,28,32)/b30-22-. The third-order valence-electron chi connectivity index (χ3n) is 4.94. The molecule has 0 bridgehead atoms. The highest BCUT2D eigenvalue weighted by molar-refractivity contribution is 7.09. The average molecular weight is 521 g/mol. The summed E-state index contributed by atoms with van der Waals surface area (Å²) in [5.41, 5.74) is 4.68. The molecule has 0 fully saturated rings. The molecule has 1 amide bonds. The van der Waals surface area contributed by atoms with Gasteiger partial charge in [-0.05, 0) is 36.8 Å². The number of amides is 1. The molecule has 0 unspecified atom stereocenters. The molecule has 3 rings (SSSR count). The van der Waals surface area contributed by atoms with Gasteiger partial charge in [0.05, 0.1) is 11.1 Å². The van der Waals surface area contributed by atoms with Crippen molar-refractivity contribution in [2.24, 2.45) is 15.9 Å². The van der Waals surface area contributed by atoms with Crippen LogP contribution in [0, 0.1) is 0 Å². The molecular weight excluding hydrogens is 493 g/mol. The summed E-state index contributed by atoms with van der Waals surface area (Å²) in [5, 5.41) is 9.10. The average Bonchev–Trinajstić information content (AvgIpc) is 3.24. The second-order valence-corrected chi connectivity index (χ2v) is 9.90. The molecule has 12 heteroatoms. The predicted octanol–water partition coefficient (Wildman–Crippen LogP) is 4.90. The van der Waals surface area contributed by atoms with Gasteiger partial charge >= 0.3 is 6.18 Å². The number of carbonyl (C=O) groups is 1. The minimum Gasteiger partial charge on any atom is -0.380 e. The van der Waals surface area contributed by atoms with Gasteiger partial charge < -0.3 is 10.6 Å². The monoisotopic (exact) mass is 520 g/mol. The number of hydrogen-bond donors (Lipinski definition) is 1. The van der Waals surface area contributed by atoms with Crippen molar-refractivity contribution in [2.45, 2.75) is 58.7 Å². The van der Waals surface area contributed by atoms with E-state index in [9.17, 15) is 18.0 Å². The Morgan fingerprint density at radius 1 is 1.17 bits per heavy atom. The van der Waals surface area contributed by atoms with Crippen LogP contribution in [0.1, 0.15) is 67.0 Å². The van der Waals surface area contributed by atoms with Gasteiger partial charge in [0.1, 0.15) is 5.01 Å². The van der Waals surface area contributed by atoms with Crippen LogP contribution in [0.4, 0.5) is 13.2 Å². The van der Waals surface area contributed by atoms with E-state index in [1.165, 1.54) is 23.7 Å². The van der Waals surface area contributed by atoms with Crippen LogP contribution in [0.5, 0.6) is 5.75 Å². The molecule has 0 atom stereocenters. The zero-order chi connectivity index (χ0) is 26.5. The number of unbranched alkanes of at least 4 members (excludes halogenated alkanes) is 1. The predicted molar refractivity (Wildman–Crippen MR) is 131 cm³/mol. The number of aromatic nitrogens is 3. The summed E-state index contributed by atoms with van der Waals surface area (Å²) in [6.07, 6.45) is 0.0233. The largest absolute Gasteiger partial charge is 0.416 e. The zero-order valence-corrected chi connectivity index (χ0v) is 21.2. The number of oxime groups is 1. The van der Waals surface area contributed by atoms with Gasteiger partial charge in [0.15, 0.2) is 11.6 Å². The van der Waals surface area contributed by atoms with Crippen molar-refractivity contribution in [3.8, 4) is 5.75 Å². The van der Waals surface area contributed by atoms with E-state index < -0.39 is 23.2 Å². The highest BCUT2D eigenvalue weighted by Crippen LogP contribution is 2.33.